The van der Waals surface area contributed by atoms with Crippen molar-refractivity contribution in [1.29, 1.82) is 0 Å². The van der Waals surface area contributed by atoms with Crippen LogP contribution in [0.15, 0.2) is 60.8 Å². The van der Waals surface area contributed by atoms with E-state index in [4.69, 9.17) is 11.6 Å². The van der Waals surface area contributed by atoms with Crippen molar-refractivity contribution >= 4 is 22.5 Å². The van der Waals surface area contributed by atoms with Crippen LogP contribution in [0.5, 0.6) is 0 Å². The molecule has 2 nitrogen and oxygen atoms in total. The fourth-order valence-electron chi connectivity index (χ4n) is 2.52. The van der Waals surface area contributed by atoms with E-state index < -0.39 is 0 Å². The van der Waals surface area contributed by atoms with E-state index in [0.29, 0.717) is 0 Å². The molecule has 100 valence electrons. The molecule has 3 rings (SSSR count). The van der Waals surface area contributed by atoms with Gasteiger partial charge in [-0.05, 0) is 36.4 Å². The number of hydrogen-bond donors (Lipinski definition) is 1. The lowest BCUT2D eigenvalue weighted by Crippen LogP contribution is -2.18. The van der Waals surface area contributed by atoms with E-state index in [-0.39, 0.29) is 6.04 Å². The molecule has 0 saturated carbocycles. The Morgan fingerprint density at radius 2 is 1.75 bits per heavy atom. The van der Waals surface area contributed by atoms with E-state index in [9.17, 15) is 0 Å². The van der Waals surface area contributed by atoms with E-state index >= 15 is 0 Å². The van der Waals surface area contributed by atoms with Gasteiger partial charge in [0, 0.05) is 16.6 Å². The average Bonchev–Trinajstić information content (AvgIpc) is 2.50. The summed E-state index contributed by atoms with van der Waals surface area (Å²) in [5, 5.41) is 5.26. The first-order valence-corrected chi connectivity index (χ1v) is 6.94. The number of hydrogen-bond acceptors (Lipinski definition) is 2. The molecule has 0 spiro atoms. The Labute approximate surface area is 123 Å². The fraction of sp³-hybridized carbons (Fsp3) is 0.118. The van der Waals surface area contributed by atoms with Crippen LogP contribution in [0.4, 0.5) is 0 Å². The Balaban J connectivity index is 2.14. The molecule has 2 aromatic carbocycles. The Morgan fingerprint density at radius 3 is 2.50 bits per heavy atom. The minimum Gasteiger partial charge on any atom is -0.309 e. The lowest BCUT2D eigenvalue weighted by Gasteiger charge is -2.18. The summed E-state index contributed by atoms with van der Waals surface area (Å²) in [6.45, 7) is 0. The van der Waals surface area contributed by atoms with Crippen LogP contribution in [0.1, 0.15) is 17.2 Å². The van der Waals surface area contributed by atoms with Crippen molar-refractivity contribution < 1.29 is 0 Å². The van der Waals surface area contributed by atoms with Crippen molar-refractivity contribution in [2.24, 2.45) is 0 Å². The van der Waals surface area contributed by atoms with Gasteiger partial charge in [0.1, 0.15) is 0 Å². The molecule has 0 saturated heterocycles. The summed E-state index contributed by atoms with van der Waals surface area (Å²) < 4.78 is 0. The van der Waals surface area contributed by atoms with Gasteiger partial charge in [0.05, 0.1) is 11.6 Å². The van der Waals surface area contributed by atoms with Crippen molar-refractivity contribution in [2.75, 3.05) is 7.05 Å². The van der Waals surface area contributed by atoms with E-state index in [1.165, 1.54) is 11.1 Å². The van der Waals surface area contributed by atoms with Crippen LogP contribution in [0.3, 0.4) is 0 Å². The third-order valence-corrected chi connectivity index (χ3v) is 3.72. The highest BCUT2D eigenvalue weighted by molar-refractivity contribution is 6.30. The van der Waals surface area contributed by atoms with Crippen molar-refractivity contribution in [3.8, 4) is 0 Å². The number of rotatable bonds is 3. The number of aromatic nitrogens is 1. The maximum absolute atomic E-state index is 5.97. The number of para-hydroxylation sites is 1. The van der Waals surface area contributed by atoms with Crippen molar-refractivity contribution in [2.45, 2.75) is 6.04 Å². The predicted octanol–water partition coefficient (Wildman–Crippen LogP) is 4.20. The largest absolute Gasteiger partial charge is 0.309 e. The van der Waals surface area contributed by atoms with Crippen molar-refractivity contribution in [3.05, 3.63) is 76.9 Å². The van der Waals surface area contributed by atoms with Gasteiger partial charge in [0.25, 0.3) is 0 Å². The maximum atomic E-state index is 5.97. The number of nitrogens with zero attached hydrogens (tertiary/aromatic N) is 1. The number of pyridine rings is 1. The highest BCUT2D eigenvalue weighted by atomic mass is 35.5. The summed E-state index contributed by atoms with van der Waals surface area (Å²) in [5.41, 5.74) is 3.38. The minimum atomic E-state index is 0.103. The van der Waals surface area contributed by atoms with Crippen LogP contribution < -0.4 is 5.32 Å². The Bertz CT molecular complexity index is 717. The molecule has 20 heavy (non-hydrogen) atoms. The lowest BCUT2D eigenvalue weighted by molar-refractivity contribution is 0.695. The first kappa shape index (κ1) is 13.1. The molecule has 1 unspecified atom stereocenters. The summed E-state index contributed by atoms with van der Waals surface area (Å²) >= 11 is 5.97. The molecule has 0 aliphatic rings. The van der Waals surface area contributed by atoms with E-state index in [1.54, 1.807) is 0 Å². The maximum Gasteiger partial charge on any atom is 0.0753 e. The monoisotopic (exact) mass is 282 g/mol. The molecule has 1 aromatic heterocycles. The number of fused-ring (bicyclic) bond motifs is 1. The van der Waals surface area contributed by atoms with Crippen LogP contribution in [0.25, 0.3) is 10.9 Å². The Hall–Kier alpha value is -1.90. The Morgan fingerprint density at radius 1 is 1.00 bits per heavy atom. The van der Waals surface area contributed by atoms with Gasteiger partial charge in [-0.2, -0.15) is 0 Å². The molecule has 1 atom stereocenters. The minimum absolute atomic E-state index is 0.103. The molecular formula is C17H15ClN2. The zero-order chi connectivity index (χ0) is 13.9. The van der Waals surface area contributed by atoms with Gasteiger partial charge in [-0.1, -0.05) is 48.0 Å². The number of halogens is 1. The second-order valence-electron chi connectivity index (χ2n) is 4.70. The third-order valence-electron chi connectivity index (χ3n) is 3.47. The highest BCUT2D eigenvalue weighted by Gasteiger charge is 2.15. The van der Waals surface area contributed by atoms with Gasteiger partial charge in [-0.15, -0.1) is 0 Å². The molecule has 0 aliphatic heterocycles. The molecule has 0 radical (unpaired) electrons. The molecule has 3 aromatic rings. The SMILES string of the molecule is CNC(c1ccc(Cl)cc1)c1cccc2cccnc12. The van der Waals surface area contributed by atoms with Crippen LogP contribution in [-0.2, 0) is 0 Å². The van der Waals surface area contributed by atoms with Gasteiger partial charge < -0.3 is 5.32 Å². The molecule has 0 fully saturated rings. The van der Waals surface area contributed by atoms with Crippen LogP contribution in [0.2, 0.25) is 5.02 Å². The summed E-state index contributed by atoms with van der Waals surface area (Å²) in [5.74, 6) is 0. The van der Waals surface area contributed by atoms with E-state index in [1.807, 2.05) is 43.6 Å². The second-order valence-corrected chi connectivity index (χ2v) is 5.13. The zero-order valence-electron chi connectivity index (χ0n) is 11.2. The first-order valence-electron chi connectivity index (χ1n) is 6.56. The van der Waals surface area contributed by atoms with Crippen LogP contribution >= 0.6 is 11.6 Å². The van der Waals surface area contributed by atoms with Crippen LogP contribution in [-0.4, -0.2) is 12.0 Å². The van der Waals surface area contributed by atoms with E-state index in [2.05, 4.69) is 34.6 Å². The Kier molecular flexibility index (Phi) is 3.68. The predicted molar refractivity (Wildman–Crippen MR) is 84.1 cm³/mol. The molecule has 0 aliphatic carbocycles. The van der Waals surface area contributed by atoms with Gasteiger partial charge in [0.15, 0.2) is 0 Å². The van der Waals surface area contributed by atoms with Crippen LogP contribution in [0, 0.1) is 0 Å². The molecular weight excluding hydrogens is 268 g/mol. The van der Waals surface area contributed by atoms with Gasteiger partial charge in [0.2, 0.25) is 0 Å². The smallest absolute Gasteiger partial charge is 0.0753 e. The number of benzene rings is 2. The average molecular weight is 283 g/mol. The second kappa shape index (κ2) is 5.61. The zero-order valence-corrected chi connectivity index (χ0v) is 11.9. The summed E-state index contributed by atoms with van der Waals surface area (Å²) in [6.07, 6.45) is 1.83. The molecule has 3 heteroatoms. The first-order chi connectivity index (χ1) is 9.79. The summed E-state index contributed by atoms with van der Waals surface area (Å²) in [4.78, 5) is 4.53. The fourth-order valence-corrected chi connectivity index (χ4v) is 2.64. The van der Waals surface area contributed by atoms with Crippen molar-refractivity contribution in [3.63, 3.8) is 0 Å². The molecule has 1 heterocycles. The van der Waals surface area contributed by atoms with Crippen molar-refractivity contribution in [1.82, 2.24) is 10.3 Å². The quantitative estimate of drug-likeness (QED) is 0.779. The number of nitrogens with one attached hydrogen (secondary N) is 1. The molecule has 1 N–H and O–H groups in total. The third kappa shape index (κ3) is 2.40. The normalized spacial score (nSPS) is 12.5. The lowest BCUT2D eigenvalue weighted by atomic mass is 9.96. The summed E-state index contributed by atoms with van der Waals surface area (Å²) in [7, 11) is 1.96. The topological polar surface area (TPSA) is 24.9 Å². The van der Waals surface area contributed by atoms with Gasteiger partial charge >= 0.3 is 0 Å². The molecule has 0 amide bonds. The molecule has 0 bridgehead atoms. The van der Waals surface area contributed by atoms with Gasteiger partial charge in [-0.3, -0.25) is 4.98 Å². The standard InChI is InChI=1S/C17H15ClN2/c1-19-16(13-7-9-14(18)10-8-13)15-6-2-4-12-5-3-11-20-17(12)15/h2-11,16,19H,1H3. The van der Waals surface area contributed by atoms with Gasteiger partial charge in [-0.25, -0.2) is 0 Å². The summed E-state index contributed by atoms with van der Waals surface area (Å²) in [6, 6.07) is 18.3. The highest BCUT2D eigenvalue weighted by Crippen LogP contribution is 2.28. The van der Waals surface area contributed by atoms with E-state index in [0.717, 1.165) is 15.9 Å².